The average molecular weight is 504 g/mol. The summed E-state index contributed by atoms with van der Waals surface area (Å²) in [7, 11) is -7.97. The number of carboxylic acids is 1. The fourth-order valence-electron chi connectivity index (χ4n) is 3.13. The highest BCUT2D eigenvalue weighted by Crippen LogP contribution is 2.25. The van der Waals surface area contributed by atoms with Crippen LogP contribution in [-0.2, 0) is 31.3 Å². The summed E-state index contributed by atoms with van der Waals surface area (Å²) in [5.41, 5.74) is 7.85. The topological polar surface area (TPSA) is 156 Å². The van der Waals surface area contributed by atoms with Gasteiger partial charge in [0.15, 0.2) is 0 Å². The molecule has 0 fully saturated rings. The first-order valence-electron chi connectivity index (χ1n) is 10.2. The predicted molar refractivity (Wildman–Crippen MR) is 130 cm³/mol. The Morgan fingerprint density at radius 2 is 1.18 bits per heavy atom. The molecule has 0 radical (unpaired) electrons. The quantitative estimate of drug-likeness (QED) is 0.350. The number of carbonyl (C=O) groups is 1. The van der Waals surface area contributed by atoms with Crippen molar-refractivity contribution in [2.24, 2.45) is 5.73 Å². The van der Waals surface area contributed by atoms with E-state index >= 15 is 0 Å². The molecule has 0 aliphatic rings. The first-order valence-corrected chi connectivity index (χ1v) is 13.1. The lowest BCUT2D eigenvalue weighted by atomic mass is 10.1. The molecule has 9 nitrogen and oxygen atoms in total. The Morgan fingerprint density at radius 3 is 1.53 bits per heavy atom. The molecule has 180 valence electrons. The molecular formula is C23H25N3O6S2. The smallest absolute Gasteiger partial charge is 0.320 e. The van der Waals surface area contributed by atoms with Crippen LogP contribution < -0.4 is 15.2 Å². The zero-order chi connectivity index (χ0) is 25.1. The third-order valence-electron chi connectivity index (χ3n) is 4.93. The van der Waals surface area contributed by atoms with Gasteiger partial charge in [-0.15, -0.1) is 0 Å². The van der Waals surface area contributed by atoms with E-state index in [2.05, 4.69) is 9.44 Å². The highest BCUT2D eigenvalue weighted by atomic mass is 32.2. The number of hydrogen-bond acceptors (Lipinski definition) is 6. The number of nitrogens with one attached hydrogen (secondary N) is 2. The minimum Gasteiger partial charge on any atom is -0.480 e. The maximum atomic E-state index is 12.8. The maximum absolute atomic E-state index is 12.8. The Kier molecular flexibility index (Phi) is 7.29. The van der Waals surface area contributed by atoms with E-state index < -0.39 is 32.1 Å². The molecule has 0 aliphatic carbocycles. The van der Waals surface area contributed by atoms with Crippen molar-refractivity contribution in [2.45, 2.75) is 36.1 Å². The van der Waals surface area contributed by atoms with Crippen molar-refractivity contribution in [3.63, 3.8) is 0 Å². The minimum absolute atomic E-state index is 0.0209. The van der Waals surface area contributed by atoms with Crippen LogP contribution in [-0.4, -0.2) is 34.0 Å². The Hall–Kier alpha value is -3.41. The van der Waals surface area contributed by atoms with E-state index in [-0.39, 0.29) is 27.6 Å². The van der Waals surface area contributed by atoms with E-state index in [0.717, 1.165) is 11.1 Å². The summed E-state index contributed by atoms with van der Waals surface area (Å²) in [5.74, 6) is -1.24. The van der Waals surface area contributed by atoms with Crippen LogP contribution in [0, 0.1) is 13.8 Å². The summed E-state index contributed by atoms with van der Waals surface area (Å²) in [6.07, 6.45) is -0.144. The lowest BCUT2D eigenvalue weighted by molar-refractivity contribution is -0.138. The molecule has 0 amide bonds. The number of carboxylic acid groups (broad SMARTS) is 1. The number of rotatable bonds is 9. The maximum Gasteiger partial charge on any atom is 0.320 e. The molecule has 0 spiro atoms. The molecule has 3 aromatic rings. The summed E-state index contributed by atoms with van der Waals surface area (Å²) in [6, 6.07) is 15.3. The molecule has 0 heterocycles. The van der Waals surface area contributed by atoms with E-state index in [1.807, 2.05) is 13.8 Å². The lowest BCUT2D eigenvalue weighted by Gasteiger charge is -2.15. The first-order chi connectivity index (χ1) is 15.9. The zero-order valence-corrected chi connectivity index (χ0v) is 20.2. The standard InChI is InChI=1S/C23H25N3O6S2/c1-15-3-7-20(8-4-15)33(29,30)25-18-11-17(13-22(24)23(27)28)12-19(14-18)26-34(31,32)21-9-5-16(2)6-10-21/h3-12,14,22,25-26H,13,24H2,1-2H3,(H,27,28)/t22-/m0/s1. The fourth-order valence-corrected chi connectivity index (χ4v) is 5.21. The van der Waals surface area contributed by atoms with Crippen molar-refractivity contribution in [3.8, 4) is 0 Å². The Bertz CT molecular complexity index is 1310. The monoisotopic (exact) mass is 503 g/mol. The van der Waals surface area contributed by atoms with Gasteiger partial charge in [0.05, 0.1) is 21.2 Å². The molecule has 3 aromatic carbocycles. The fraction of sp³-hybridized carbons (Fsp3) is 0.174. The molecule has 11 heteroatoms. The van der Waals surface area contributed by atoms with Crippen LogP contribution in [0.1, 0.15) is 16.7 Å². The molecule has 0 aromatic heterocycles. The van der Waals surface area contributed by atoms with E-state index in [1.165, 1.54) is 42.5 Å². The molecule has 5 N–H and O–H groups in total. The van der Waals surface area contributed by atoms with Crippen molar-refractivity contribution < 1.29 is 26.7 Å². The van der Waals surface area contributed by atoms with Crippen molar-refractivity contribution in [2.75, 3.05) is 9.44 Å². The second-order valence-electron chi connectivity index (χ2n) is 7.90. The van der Waals surface area contributed by atoms with Gasteiger partial charge in [0.2, 0.25) is 0 Å². The molecule has 3 rings (SSSR count). The third-order valence-corrected chi connectivity index (χ3v) is 7.73. The number of aryl methyl sites for hydroxylation is 2. The SMILES string of the molecule is Cc1ccc(S(=O)(=O)Nc2cc(C[C@H](N)C(=O)O)cc(NS(=O)(=O)c3ccc(C)cc3)c2)cc1. The predicted octanol–water partition coefficient (Wildman–Crippen LogP) is 2.86. The van der Waals surface area contributed by atoms with Gasteiger partial charge in [-0.1, -0.05) is 35.4 Å². The largest absolute Gasteiger partial charge is 0.480 e. The summed E-state index contributed by atoms with van der Waals surface area (Å²) in [6.45, 7) is 3.65. The number of benzene rings is 3. The van der Waals surface area contributed by atoms with Crippen LogP contribution in [0.25, 0.3) is 0 Å². The summed E-state index contributed by atoms with van der Waals surface area (Å²) < 4.78 is 56.2. The second-order valence-corrected chi connectivity index (χ2v) is 11.3. The van der Waals surface area contributed by atoms with Gasteiger partial charge in [0.1, 0.15) is 6.04 Å². The van der Waals surface area contributed by atoms with Crippen LogP contribution in [0.4, 0.5) is 11.4 Å². The Morgan fingerprint density at radius 1 is 0.794 bits per heavy atom. The molecule has 34 heavy (non-hydrogen) atoms. The van der Waals surface area contributed by atoms with Gasteiger partial charge < -0.3 is 10.8 Å². The molecule has 0 aliphatic heterocycles. The zero-order valence-electron chi connectivity index (χ0n) is 18.5. The molecule has 0 unspecified atom stereocenters. The number of hydrogen-bond donors (Lipinski definition) is 4. The van der Waals surface area contributed by atoms with E-state index in [9.17, 15) is 21.6 Å². The van der Waals surface area contributed by atoms with E-state index in [0.29, 0.717) is 5.56 Å². The molecule has 0 bridgehead atoms. The third kappa shape index (κ3) is 6.34. The van der Waals surface area contributed by atoms with Gasteiger partial charge in [0, 0.05) is 0 Å². The molecule has 0 saturated heterocycles. The van der Waals surface area contributed by atoms with Gasteiger partial charge in [-0.3, -0.25) is 14.2 Å². The summed E-state index contributed by atoms with van der Waals surface area (Å²) in [5, 5.41) is 9.15. The van der Waals surface area contributed by atoms with Crippen LogP contribution in [0.5, 0.6) is 0 Å². The van der Waals surface area contributed by atoms with Gasteiger partial charge in [-0.2, -0.15) is 0 Å². The van der Waals surface area contributed by atoms with Crippen LogP contribution in [0.2, 0.25) is 0 Å². The number of aliphatic carboxylic acids is 1. The normalized spacial score (nSPS) is 12.7. The number of sulfonamides is 2. The number of nitrogens with two attached hydrogens (primary N) is 1. The van der Waals surface area contributed by atoms with Gasteiger partial charge in [-0.05, 0) is 68.3 Å². The molecular weight excluding hydrogens is 478 g/mol. The van der Waals surface area contributed by atoms with Crippen molar-refractivity contribution in [1.82, 2.24) is 0 Å². The van der Waals surface area contributed by atoms with E-state index in [4.69, 9.17) is 10.8 Å². The van der Waals surface area contributed by atoms with Crippen molar-refractivity contribution in [1.29, 1.82) is 0 Å². The van der Waals surface area contributed by atoms with Crippen LogP contribution >= 0.6 is 0 Å². The highest BCUT2D eigenvalue weighted by molar-refractivity contribution is 7.93. The van der Waals surface area contributed by atoms with Crippen molar-refractivity contribution in [3.05, 3.63) is 83.4 Å². The minimum atomic E-state index is -3.98. The van der Waals surface area contributed by atoms with E-state index in [1.54, 1.807) is 24.3 Å². The first kappa shape index (κ1) is 25.2. The van der Waals surface area contributed by atoms with Gasteiger partial charge in [0.25, 0.3) is 20.0 Å². The highest BCUT2D eigenvalue weighted by Gasteiger charge is 2.19. The number of anilines is 2. The lowest BCUT2D eigenvalue weighted by Crippen LogP contribution is -2.32. The van der Waals surface area contributed by atoms with Crippen LogP contribution in [0.15, 0.2) is 76.5 Å². The average Bonchev–Trinajstić information content (AvgIpc) is 2.73. The van der Waals surface area contributed by atoms with Crippen LogP contribution in [0.3, 0.4) is 0 Å². The van der Waals surface area contributed by atoms with Gasteiger partial charge >= 0.3 is 5.97 Å². The van der Waals surface area contributed by atoms with Gasteiger partial charge in [-0.25, -0.2) is 16.8 Å². The Labute approximate surface area is 198 Å². The molecule has 0 saturated carbocycles. The summed E-state index contributed by atoms with van der Waals surface area (Å²) >= 11 is 0. The van der Waals surface area contributed by atoms with Crippen molar-refractivity contribution >= 4 is 37.4 Å². The summed E-state index contributed by atoms with van der Waals surface area (Å²) in [4.78, 5) is 11.2. The Balaban J connectivity index is 1.98. The molecule has 1 atom stereocenters. The second kappa shape index (κ2) is 9.84.